The van der Waals surface area contributed by atoms with Crippen LogP contribution in [0.4, 0.5) is 0 Å². The third-order valence-electron chi connectivity index (χ3n) is 3.71. The van der Waals surface area contributed by atoms with E-state index in [0.717, 1.165) is 18.7 Å². The highest BCUT2D eigenvalue weighted by atomic mass is 16.3. The monoisotopic (exact) mass is 271 g/mol. The molecule has 1 saturated heterocycles. The van der Waals surface area contributed by atoms with E-state index in [1.807, 2.05) is 41.4 Å². The predicted molar refractivity (Wildman–Crippen MR) is 74.7 cm³/mol. The summed E-state index contributed by atoms with van der Waals surface area (Å²) in [6.45, 7) is 1.53. The van der Waals surface area contributed by atoms with E-state index < -0.39 is 0 Å². The fourth-order valence-electron chi connectivity index (χ4n) is 2.53. The highest BCUT2D eigenvalue weighted by Gasteiger charge is 2.26. The minimum atomic E-state index is 0.0352. The number of hydrogen-bond acceptors (Lipinski definition) is 3. The molecule has 2 heterocycles. The zero-order chi connectivity index (χ0) is 13.9. The van der Waals surface area contributed by atoms with Crippen molar-refractivity contribution in [3.05, 3.63) is 48.3 Å². The first-order valence-corrected chi connectivity index (χ1v) is 6.78. The Labute approximate surface area is 117 Å². The number of carbonyl (C=O) groups is 1. The van der Waals surface area contributed by atoms with Crippen molar-refractivity contribution < 1.29 is 9.90 Å². The van der Waals surface area contributed by atoms with Crippen LogP contribution in [-0.2, 0) is 0 Å². The van der Waals surface area contributed by atoms with E-state index in [9.17, 15) is 4.79 Å². The summed E-state index contributed by atoms with van der Waals surface area (Å²) in [6, 6.07) is 9.29. The smallest absolute Gasteiger partial charge is 0.253 e. The second-order valence-electron chi connectivity index (χ2n) is 5.09. The first-order chi connectivity index (χ1) is 9.78. The van der Waals surface area contributed by atoms with Gasteiger partial charge in [0.05, 0.1) is 5.69 Å². The molecular formula is C15H17N3O2. The number of nitrogens with zero attached hydrogens (tertiary/aromatic N) is 3. The minimum Gasteiger partial charge on any atom is -0.396 e. The average Bonchev–Trinajstić information content (AvgIpc) is 3.18. The summed E-state index contributed by atoms with van der Waals surface area (Å²) < 4.78 is 1.76. The van der Waals surface area contributed by atoms with Crippen LogP contribution in [0.2, 0.25) is 0 Å². The molecule has 1 aliphatic rings. The van der Waals surface area contributed by atoms with E-state index in [2.05, 4.69) is 5.10 Å². The number of likely N-dealkylation sites (tertiary alicyclic amines) is 1. The van der Waals surface area contributed by atoms with Crippen LogP contribution < -0.4 is 0 Å². The van der Waals surface area contributed by atoms with Gasteiger partial charge in [-0.1, -0.05) is 0 Å². The molecule has 1 N–H and O–H groups in total. The van der Waals surface area contributed by atoms with Crippen LogP contribution in [0.25, 0.3) is 5.69 Å². The van der Waals surface area contributed by atoms with Gasteiger partial charge in [0.1, 0.15) is 0 Å². The predicted octanol–water partition coefficient (Wildman–Crippen LogP) is 1.33. The maximum atomic E-state index is 12.3. The molecule has 20 heavy (non-hydrogen) atoms. The lowest BCUT2D eigenvalue weighted by molar-refractivity contribution is 0.0782. The van der Waals surface area contributed by atoms with E-state index in [1.165, 1.54) is 0 Å². The van der Waals surface area contributed by atoms with E-state index in [1.54, 1.807) is 10.9 Å². The van der Waals surface area contributed by atoms with Gasteiger partial charge in [-0.2, -0.15) is 5.10 Å². The summed E-state index contributed by atoms with van der Waals surface area (Å²) in [5.41, 5.74) is 1.61. The first kappa shape index (κ1) is 12.9. The van der Waals surface area contributed by atoms with E-state index in [0.29, 0.717) is 12.1 Å². The van der Waals surface area contributed by atoms with Gasteiger partial charge in [-0.3, -0.25) is 4.79 Å². The van der Waals surface area contributed by atoms with Gasteiger partial charge in [-0.05, 0) is 36.8 Å². The number of rotatable bonds is 3. The molecule has 0 spiro atoms. The normalized spacial score (nSPS) is 18.4. The Kier molecular flexibility index (Phi) is 3.52. The number of aliphatic hydroxyl groups is 1. The minimum absolute atomic E-state index is 0.0352. The molecule has 104 valence electrons. The Hall–Kier alpha value is -2.14. The number of aromatic nitrogens is 2. The molecule has 0 bridgehead atoms. The fraction of sp³-hybridized carbons (Fsp3) is 0.333. The first-order valence-electron chi connectivity index (χ1n) is 6.78. The van der Waals surface area contributed by atoms with E-state index in [-0.39, 0.29) is 18.4 Å². The molecule has 3 rings (SSSR count). The van der Waals surface area contributed by atoms with Crippen molar-refractivity contribution in [3.63, 3.8) is 0 Å². The molecule has 5 nitrogen and oxygen atoms in total. The quantitative estimate of drug-likeness (QED) is 0.916. The molecule has 2 aromatic rings. The topological polar surface area (TPSA) is 58.4 Å². The van der Waals surface area contributed by atoms with Crippen molar-refractivity contribution in [2.45, 2.75) is 6.42 Å². The highest BCUT2D eigenvalue weighted by Crippen LogP contribution is 2.19. The fourth-order valence-corrected chi connectivity index (χ4v) is 2.53. The molecule has 1 aliphatic heterocycles. The van der Waals surface area contributed by atoms with Crippen molar-refractivity contribution in [1.82, 2.24) is 14.7 Å². The molecular weight excluding hydrogens is 254 g/mol. The summed E-state index contributed by atoms with van der Waals surface area (Å²) in [7, 11) is 0. The molecule has 1 fully saturated rings. The summed E-state index contributed by atoms with van der Waals surface area (Å²) in [4.78, 5) is 14.1. The zero-order valence-electron chi connectivity index (χ0n) is 11.1. The van der Waals surface area contributed by atoms with Crippen molar-refractivity contribution in [2.75, 3.05) is 19.7 Å². The third kappa shape index (κ3) is 2.44. The molecule has 0 saturated carbocycles. The van der Waals surface area contributed by atoms with Crippen LogP contribution in [-0.4, -0.2) is 45.4 Å². The lowest BCUT2D eigenvalue weighted by Gasteiger charge is -2.16. The Bertz CT molecular complexity index is 578. The number of amides is 1. The standard InChI is InChI=1S/C15H17N3O2/c19-11-12-6-9-17(10-12)15(20)13-2-4-14(5-3-13)18-8-1-7-16-18/h1-5,7-8,12,19H,6,9-11H2. The van der Waals surface area contributed by atoms with Gasteiger partial charge in [0.25, 0.3) is 5.91 Å². The molecule has 1 atom stereocenters. The van der Waals surface area contributed by atoms with Crippen LogP contribution in [0, 0.1) is 5.92 Å². The molecule has 1 amide bonds. The zero-order valence-corrected chi connectivity index (χ0v) is 11.1. The van der Waals surface area contributed by atoms with E-state index >= 15 is 0 Å². The van der Waals surface area contributed by atoms with Gasteiger partial charge in [0.15, 0.2) is 0 Å². The van der Waals surface area contributed by atoms with Crippen LogP contribution in [0.15, 0.2) is 42.7 Å². The number of hydrogen-bond donors (Lipinski definition) is 1. The van der Waals surface area contributed by atoms with E-state index in [4.69, 9.17) is 5.11 Å². The molecule has 1 unspecified atom stereocenters. The van der Waals surface area contributed by atoms with Crippen molar-refractivity contribution in [2.24, 2.45) is 5.92 Å². The van der Waals surface area contributed by atoms with Crippen LogP contribution in [0.1, 0.15) is 16.8 Å². The van der Waals surface area contributed by atoms with Gasteiger partial charge in [-0.15, -0.1) is 0 Å². The highest BCUT2D eigenvalue weighted by molar-refractivity contribution is 5.94. The Morgan fingerprint density at radius 2 is 2.15 bits per heavy atom. The number of benzene rings is 1. The van der Waals surface area contributed by atoms with Gasteiger partial charge < -0.3 is 10.0 Å². The second kappa shape index (κ2) is 5.46. The van der Waals surface area contributed by atoms with Crippen LogP contribution in [0.5, 0.6) is 0 Å². The van der Waals surface area contributed by atoms with Crippen molar-refractivity contribution in [3.8, 4) is 5.69 Å². The number of aliphatic hydroxyl groups excluding tert-OH is 1. The number of carbonyl (C=O) groups excluding carboxylic acids is 1. The van der Waals surface area contributed by atoms with Gasteiger partial charge in [0.2, 0.25) is 0 Å². The van der Waals surface area contributed by atoms with Crippen LogP contribution >= 0.6 is 0 Å². The Balaban J connectivity index is 1.73. The Morgan fingerprint density at radius 3 is 2.75 bits per heavy atom. The van der Waals surface area contributed by atoms with Crippen molar-refractivity contribution in [1.29, 1.82) is 0 Å². The Morgan fingerprint density at radius 1 is 1.35 bits per heavy atom. The van der Waals surface area contributed by atoms with Gasteiger partial charge >= 0.3 is 0 Å². The average molecular weight is 271 g/mol. The molecule has 0 radical (unpaired) electrons. The largest absolute Gasteiger partial charge is 0.396 e. The van der Waals surface area contributed by atoms with Crippen molar-refractivity contribution >= 4 is 5.91 Å². The summed E-state index contributed by atoms with van der Waals surface area (Å²) in [6.07, 6.45) is 4.47. The maximum absolute atomic E-state index is 12.3. The molecule has 0 aliphatic carbocycles. The summed E-state index contributed by atoms with van der Waals surface area (Å²) in [5, 5.41) is 13.3. The molecule has 1 aromatic heterocycles. The lowest BCUT2D eigenvalue weighted by Crippen LogP contribution is -2.29. The van der Waals surface area contributed by atoms with Gasteiger partial charge in [-0.25, -0.2) is 4.68 Å². The maximum Gasteiger partial charge on any atom is 0.253 e. The second-order valence-corrected chi connectivity index (χ2v) is 5.09. The summed E-state index contributed by atoms with van der Waals surface area (Å²) >= 11 is 0. The summed E-state index contributed by atoms with van der Waals surface area (Å²) in [5.74, 6) is 0.260. The van der Waals surface area contributed by atoms with Crippen LogP contribution in [0.3, 0.4) is 0 Å². The molecule has 5 heteroatoms. The molecule has 1 aromatic carbocycles. The SMILES string of the molecule is O=C(c1ccc(-n2cccn2)cc1)N1CCC(CO)C1. The third-order valence-corrected chi connectivity index (χ3v) is 3.71. The lowest BCUT2D eigenvalue weighted by atomic mass is 10.1. The van der Waals surface area contributed by atoms with Gasteiger partial charge in [0, 0.05) is 43.6 Å².